The summed E-state index contributed by atoms with van der Waals surface area (Å²) in [6, 6.07) is 8.60. The topological polar surface area (TPSA) is 38.5 Å². The molecular weight excluding hydrogens is 224 g/mol. The molecule has 2 unspecified atom stereocenters. The number of ether oxygens (including phenoxy) is 1. The Morgan fingerprint density at radius 3 is 2.61 bits per heavy atom. The molecule has 1 heterocycles. The zero-order valence-corrected chi connectivity index (χ0v) is 11.4. The Morgan fingerprint density at radius 2 is 2.06 bits per heavy atom. The van der Waals surface area contributed by atoms with Gasteiger partial charge in [-0.15, -0.1) is 0 Å². The summed E-state index contributed by atoms with van der Waals surface area (Å²) in [6.45, 7) is 3.90. The Bertz CT molecular complexity index is 355. The largest absolute Gasteiger partial charge is 0.376 e. The number of hydrogen-bond acceptors (Lipinski definition) is 3. The van der Waals surface area contributed by atoms with E-state index in [1.54, 1.807) is 0 Å². The van der Waals surface area contributed by atoms with Crippen LogP contribution >= 0.6 is 0 Å². The average Bonchev–Trinajstić information content (AvgIpc) is 2.40. The lowest BCUT2D eigenvalue weighted by molar-refractivity contribution is 0.0216. The van der Waals surface area contributed by atoms with E-state index in [1.807, 2.05) is 6.92 Å². The molecule has 0 saturated carbocycles. The third kappa shape index (κ3) is 3.47. The zero-order chi connectivity index (χ0) is 13.0. The van der Waals surface area contributed by atoms with E-state index in [0.717, 1.165) is 13.2 Å². The van der Waals surface area contributed by atoms with E-state index >= 15 is 0 Å². The molecule has 3 nitrogen and oxygen atoms in total. The standard InChI is InChI=1S/C15H24N2O/c1-12(16)13-6-8-14(9-7-13)17(2)11-15-5-3-4-10-18-15/h6-9,12,15H,3-5,10-11,16H2,1-2H3. The van der Waals surface area contributed by atoms with Crippen molar-refractivity contribution in [2.24, 2.45) is 5.73 Å². The molecule has 2 N–H and O–H groups in total. The second-order valence-electron chi connectivity index (χ2n) is 5.25. The van der Waals surface area contributed by atoms with Gasteiger partial charge in [-0.1, -0.05) is 12.1 Å². The quantitative estimate of drug-likeness (QED) is 0.890. The summed E-state index contributed by atoms with van der Waals surface area (Å²) in [5.74, 6) is 0. The third-order valence-electron chi connectivity index (χ3n) is 3.61. The molecular formula is C15H24N2O. The van der Waals surface area contributed by atoms with Crippen molar-refractivity contribution in [3.8, 4) is 0 Å². The molecule has 1 aromatic rings. The minimum atomic E-state index is 0.103. The maximum Gasteiger partial charge on any atom is 0.0749 e. The monoisotopic (exact) mass is 248 g/mol. The van der Waals surface area contributed by atoms with Gasteiger partial charge in [0.25, 0.3) is 0 Å². The molecule has 1 saturated heterocycles. The Balaban J connectivity index is 1.93. The van der Waals surface area contributed by atoms with Gasteiger partial charge >= 0.3 is 0 Å². The van der Waals surface area contributed by atoms with Crippen molar-refractivity contribution in [1.29, 1.82) is 0 Å². The van der Waals surface area contributed by atoms with Gasteiger partial charge in [-0.05, 0) is 43.9 Å². The predicted molar refractivity (Wildman–Crippen MR) is 75.9 cm³/mol. The van der Waals surface area contributed by atoms with Gasteiger partial charge in [0, 0.05) is 31.9 Å². The van der Waals surface area contributed by atoms with E-state index < -0.39 is 0 Å². The molecule has 1 aromatic carbocycles. The Labute approximate surface area is 110 Å². The number of benzene rings is 1. The van der Waals surface area contributed by atoms with E-state index in [0.29, 0.717) is 6.10 Å². The first-order valence-electron chi connectivity index (χ1n) is 6.85. The number of anilines is 1. The molecule has 0 radical (unpaired) electrons. The van der Waals surface area contributed by atoms with Crippen LogP contribution in [0.15, 0.2) is 24.3 Å². The smallest absolute Gasteiger partial charge is 0.0749 e. The molecule has 1 aliphatic heterocycles. The number of hydrogen-bond donors (Lipinski definition) is 1. The predicted octanol–water partition coefficient (Wildman–Crippen LogP) is 2.71. The summed E-state index contributed by atoms with van der Waals surface area (Å²) >= 11 is 0. The van der Waals surface area contributed by atoms with E-state index in [-0.39, 0.29) is 6.04 Å². The van der Waals surface area contributed by atoms with Crippen molar-refractivity contribution in [3.63, 3.8) is 0 Å². The summed E-state index contributed by atoms with van der Waals surface area (Å²) < 4.78 is 5.77. The summed E-state index contributed by atoms with van der Waals surface area (Å²) in [7, 11) is 2.12. The lowest BCUT2D eigenvalue weighted by Crippen LogP contribution is -2.33. The molecule has 0 bridgehead atoms. The van der Waals surface area contributed by atoms with Gasteiger partial charge in [0.15, 0.2) is 0 Å². The SMILES string of the molecule is CC(N)c1ccc(N(C)CC2CCCCO2)cc1. The number of rotatable bonds is 4. The van der Waals surface area contributed by atoms with Crippen LogP contribution in [0.25, 0.3) is 0 Å². The van der Waals surface area contributed by atoms with Gasteiger partial charge in [0.2, 0.25) is 0 Å². The molecule has 2 atom stereocenters. The second kappa shape index (κ2) is 6.21. The van der Waals surface area contributed by atoms with Crippen LogP contribution in [0, 0.1) is 0 Å². The highest BCUT2D eigenvalue weighted by Gasteiger charge is 2.16. The Hall–Kier alpha value is -1.06. The van der Waals surface area contributed by atoms with Crippen molar-refractivity contribution >= 4 is 5.69 Å². The van der Waals surface area contributed by atoms with Crippen molar-refractivity contribution in [3.05, 3.63) is 29.8 Å². The molecule has 100 valence electrons. The second-order valence-corrected chi connectivity index (χ2v) is 5.25. The van der Waals surface area contributed by atoms with Crippen LogP contribution in [0.3, 0.4) is 0 Å². The highest BCUT2D eigenvalue weighted by atomic mass is 16.5. The number of nitrogens with two attached hydrogens (primary N) is 1. The number of likely N-dealkylation sites (N-methyl/N-ethyl adjacent to an activating group) is 1. The lowest BCUT2D eigenvalue weighted by Gasteiger charge is -2.28. The fraction of sp³-hybridized carbons (Fsp3) is 0.600. The fourth-order valence-corrected chi connectivity index (χ4v) is 2.39. The van der Waals surface area contributed by atoms with Gasteiger partial charge < -0.3 is 15.4 Å². The molecule has 3 heteroatoms. The van der Waals surface area contributed by atoms with E-state index in [2.05, 4.69) is 36.2 Å². The van der Waals surface area contributed by atoms with Crippen LogP contribution in [0.2, 0.25) is 0 Å². The van der Waals surface area contributed by atoms with E-state index in [4.69, 9.17) is 10.5 Å². The first-order chi connectivity index (χ1) is 8.66. The molecule has 1 aliphatic rings. The van der Waals surface area contributed by atoms with Crippen LogP contribution in [0.4, 0.5) is 5.69 Å². The molecule has 2 rings (SSSR count). The van der Waals surface area contributed by atoms with Crippen LogP contribution in [0.1, 0.15) is 37.8 Å². The van der Waals surface area contributed by atoms with Gasteiger partial charge in [-0.25, -0.2) is 0 Å². The summed E-state index contributed by atoms with van der Waals surface area (Å²) in [5.41, 5.74) is 8.27. The first kappa shape index (κ1) is 13.4. The minimum absolute atomic E-state index is 0.103. The molecule has 0 amide bonds. The van der Waals surface area contributed by atoms with Crippen LogP contribution in [0.5, 0.6) is 0 Å². The molecule has 0 aromatic heterocycles. The number of nitrogens with zero attached hydrogens (tertiary/aromatic N) is 1. The van der Waals surface area contributed by atoms with E-state index in [1.165, 1.54) is 30.5 Å². The maximum atomic E-state index is 5.86. The van der Waals surface area contributed by atoms with Crippen molar-refractivity contribution < 1.29 is 4.74 Å². The Morgan fingerprint density at radius 1 is 1.33 bits per heavy atom. The van der Waals surface area contributed by atoms with Crippen molar-refractivity contribution in [2.75, 3.05) is 25.1 Å². The van der Waals surface area contributed by atoms with Gasteiger partial charge in [-0.2, -0.15) is 0 Å². The average molecular weight is 248 g/mol. The van der Waals surface area contributed by atoms with Gasteiger partial charge in [0.1, 0.15) is 0 Å². The lowest BCUT2D eigenvalue weighted by atomic mass is 10.1. The van der Waals surface area contributed by atoms with Crippen LogP contribution in [-0.4, -0.2) is 26.3 Å². The van der Waals surface area contributed by atoms with Gasteiger partial charge in [-0.3, -0.25) is 0 Å². The Kier molecular flexibility index (Phi) is 4.61. The maximum absolute atomic E-state index is 5.86. The summed E-state index contributed by atoms with van der Waals surface area (Å²) in [4.78, 5) is 2.26. The molecule has 1 fully saturated rings. The van der Waals surface area contributed by atoms with Gasteiger partial charge in [0.05, 0.1) is 6.10 Å². The van der Waals surface area contributed by atoms with Crippen molar-refractivity contribution in [1.82, 2.24) is 0 Å². The first-order valence-corrected chi connectivity index (χ1v) is 6.85. The molecule has 0 aliphatic carbocycles. The third-order valence-corrected chi connectivity index (χ3v) is 3.61. The van der Waals surface area contributed by atoms with Crippen LogP contribution < -0.4 is 10.6 Å². The zero-order valence-electron chi connectivity index (χ0n) is 11.4. The summed E-state index contributed by atoms with van der Waals surface area (Å²) in [5, 5.41) is 0. The van der Waals surface area contributed by atoms with E-state index in [9.17, 15) is 0 Å². The van der Waals surface area contributed by atoms with Crippen molar-refractivity contribution in [2.45, 2.75) is 38.3 Å². The minimum Gasteiger partial charge on any atom is -0.376 e. The molecule has 0 spiro atoms. The highest BCUT2D eigenvalue weighted by Crippen LogP contribution is 2.20. The normalized spacial score (nSPS) is 21.6. The summed E-state index contributed by atoms with van der Waals surface area (Å²) in [6.07, 6.45) is 4.07. The molecule has 18 heavy (non-hydrogen) atoms. The highest BCUT2D eigenvalue weighted by molar-refractivity contribution is 5.47. The fourth-order valence-electron chi connectivity index (χ4n) is 2.39. The van der Waals surface area contributed by atoms with Crippen LogP contribution in [-0.2, 0) is 4.74 Å².